The van der Waals surface area contributed by atoms with Crippen LogP contribution in [0.25, 0.3) is 0 Å². The van der Waals surface area contributed by atoms with Crippen molar-refractivity contribution in [1.82, 2.24) is 4.72 Å². The summed E-state index contributed by atoms with van der Waals surface area (Å²) in [6, 6.07) is 6.62. The Hall–Kier alpha value is -0.920. The van der Waals surface area contributed by atoms with Gasteiger partial charge in [0.25, 0.3) is 0 Å². The number of halogens is 1. The molecular formula is C13H18BrNO4S. The molecule has 0 aromatic heterocycles. The SMILES string of the molecule is CCOC(=O)CCCNS(=O)(=O)c1ccc(CBr)cc1. The molecule has 1 aromatic carbocycles. The number of esters is 1. The smallest absolute Gasteiger partial charge is 0.305 e. The van der Waals surface area contributed by atoms with Gasteiger partial charge in [-0.05, 0) is 31.0 Å². The fourth-order valence-corrected chi connectivity index (χ4v) is 2.96. The third kappa shape index (κ3) is 5.60. The van der Waals surface area contributed by atoms with Crippen LogP contribution in [0.2, 0.25) is 0 Å². The predicted octanol–water partition coefficient (Wildman–Crippen LogP) is 2.20. The number of carbonyl (C=O) groups is 1. The summed E-state index contributed by atoms with van der Waals surface area (Å²) in [4.78, 5) is 11.3. The molecule has 0 radical (unpaired) electrons. The van der Waals surface area contributed by atoms with Gasteiger partial charge in [-0.2, -0.15) is 0 Å². The third-order valence-corrected chi connectivity index (χ3v) is 4.67. The lowest BCUT2D eigenvalue weighted by Gasteiger charge is -2.07. The van der Waals surface area contributed by atoms with Gasteiger partial charge in [0, 0.05) is 18.3 Å². The summed E-state index contributed by atoms with van der Waals surface area (Å²) in [6.07, 6.45) is 0.621. The fraction of sp³-hybridized carbons (Fsp3) is 0.462. The van der Waals surface area contributed by atoms with Gasteiger partial charge < -0.3 is 4.74 Å². The third-order valence-electron chi connectivity index (χ3n) is 2.54. The van der Waals surface area contributed by atoms with E-state index in [0.29, 0.717) is 18.4 Å². The molecule has 7 heteroatoms. The van der Waals surface area contributed by atoms with Crippen molar-refractivity contribution in [2.24, 2.45) is 0 Å². The van der Waals surface area contributed by atoms with Crippen molar-refractivity contribution in [3.8, 4) is 0 Å². The molecule has 112 valence electrons. The van der Waals surface area contributed by atoms with Crippen LogP contribution < -0.4 is 4.72 Å². The van der Waals surface area contributed by atoms with Crippen LogP contribution in [0.4, 0.5) is 0 Å². The number of hydrogen-bond acceptors (Lipinski definition) is 4. The van der Waals surface area contributed by atoms with E-state index in [-0.39, 0.29) is 23.8 Å². The van der Waals surface area contributed by atoms with E-state index in [1.807, 2.05) is 0 Å². The zero-order valence-corrected chi connectivity index (χ0v) is 13.7. The largest absolute Gasteiger partial charge is 0.466 e. The Morgan fingerprint density at radius 1 is 1.30 bits per heavy atom. The molecule has 0 atom stereocenters. The van der Waals surface area contributed by atoms with Gasteiger partial charge in [-0.15, -0.1) is 0 Å². The first-order valence-corrected chi connectivity index (χ1v) is 8.90. The molecule has 0 saturated carbocycles. The van der Waals surface area contributed by atoms with E-state index in [1.54, 1.807) is 31.2 Å². The van der Waals surface area contributed by atoms with Gasteiger partial charge in [0.05, 0.1) is 11.5 Å². The molecule has 1 rings (SSSR count). The van der Waals surface area contributed by atoms with Gasteiger partial charge in [0.15, 0.2) is 0 Å². The highest BCUT2D eigenvalue weighted by Crippen LogP contribution is 2.12. The second kappa shape index (κ2) is 8.39. The maximum absolute atomic E-state index is 12.0. The molecule has 0 bridgehead atoms. The van der Waals surface area contributed by atoms with Crippen LogP contribution >= 0.6 is 15.9 Å². The molecule has 0 amide bonds. The average molecular weight is 364 g/mol. The number of alkyl halides is 1. The first kappa shape index (κ1) is 17.1. The standard InChI is InChI=1S/C13H18BrNO4S/c1-2-19-13(16)4-3-9-15-20(17,18)12-7-5-11(10-14)6-8-12/h5-8,15H,2-4,9-10H2,1H3. The number of benzene rings is 1. The predicted molar refractivity (Wildman–Crippen MR) is 80.1 cm³/mol. The summed E-state index contributed by atoms with van der Waals surface area (Å²) in [7, 11) is -3.51. The van der Waals surface area contributed by atoms with E-state index in [2.05, 4.69) is 20.7 Å². The average Bonchev–Trinajstić information content (AvgIpc) is 2.44. The van der Waals surface area contributed by atoms with E-state index < -0.39 is 10.0 Å². The summed E-state index contributed by atoms with van der Waals surface area (Å²) in [6.45, 7) is 2.28. The van der Waals surface area contributed by atoms with Gasteiger partial charge in [0.2, 0.25) is 10.0 Å². The highest BCUT2D eigenvalue weighted by atomic mass is 79.9. The lowest BCUT2D eigenvalue weighted by atomic mass is 10.2. The summed E-state index contributed by atoms with van der Waals surface area (Å²) in [5, 5.41) is 0.681. The van der Waals surface area contributed by atoms with Gasteiger partial charge in [0.1, 0.15) is 0 Å². The minimum absolute atomic E-state index is 0.207. The second-order valence-corrected chi connectivity index (χ2v) is 6.41. The van der Waals surface area contributed by atoms with E-state index in [9.17, 15) is 13.2 Å². The number of sulfonamides is 1. The fourth-order valence-electron chi connectivity index (χ4n) is 1.51. The van der Waals surface area contributed by atoms with Crippen molar-refractivity contribution < 1.29 is 17.9 Å². The molecule has 0 heterocycles. The van der Waals surface area contributed by atoms with Crippen molar-refractivity contribution in [2.45, 2.75) is 30.0 Å². The van der Waals surface area contributed by atoms with E-state index in [1.165, 1.54) is 0 Å². The maximum atomic E-state index is 12.0. The first-order chi connectivity index (χ1) is 9.49. The highest BCUT2D eigenvalue weighted by Gasteiger charge is 2.13. The molecule has 5 nitrogen and oxygen atoms in total. The van der Waals surface area contributed by atoms with Crippen LogP contribution in [-0.2, 0) is 24.9 Å². The quantitative estimate of drug-likeness (QED) is 0.436. The number of ether oxygens (including phenoxy) is 1. The lowest BCUT2D eigenvalue weighted by Crippen LogP contribution is -2.25. The second-order valence-electron chi connectivity index (χ2n) is 4.08. The van der Waals surface area contributed by atoms with Crippen LogP contribution in [0, 0.1) is 0 Å². The molecule has 0 aliphatic carbocycles. The molecule has 0 spiro atoms. The van der Waals surface area contributed by atoms with Crippen LogP contribution in [0.3, 0.4) is 0 Å². The molecule has 0 aliphatic rings. The Balaban J connectivity index is 2.47. The molecule has 1 aromatic rings. The van der Waals surface area contributed by atoms with Crippen LogP contribution in [0.15, 0.2) is 29.2 Å². The molecule has 0 unspecified atom stereocenters. The minimum atomic E-state index is -3.51. The molecule has 0 aliphatic heterocycles. The van der Waals surface area contributed by atoms with Gasteiger partial charge in [-0.1, -0.05) is 28.1 Å². The van der Waals surface area contributed by atoms with E-state index in [4.69, 9.17) is 4.74 Å². The van der Waals surface area contributed by atoms with Gasteiger partial charge >= 0.3 is 5.97 Å². The topological polar surface area (TPSA) is 72.5 Å². The van der Waals surface area contributed by atoms with Crippen LogP contribution in [-0.4, -0.2) is 27.5 Å². The molecule has 20 heavy (non-hydrogen) atoms. The number of hydrogen-bond donors (Lipinski definition) is 1. The highest BCUT2D eigenvalue weighted by molar-refractivity contribution is 9.08. The molecule has 0 fully saturated rings. The Bertz CT molecular complexity index is 528. The number of nitrogens with one attached hydrogen (secondary N) is 1. The summed E-state index contributed by atoms with van der Waals surface area (Å²) >= 11 is 3.30. The van der Waals surface area contributed by atoms with Crippen molar-refractivity contribution in [3.05, 3.63) is 29.8 Å². The Morgan fingerprint density at radius 2 is 1.95 bits per heavy atom. The number of rotatable bonds is 8. The van der Waals surface area contributed by atoms with Crippen molar-refractivity contribution in [3.63, 3.8) is 0 Å². The molecule has 0 saturated heterocycles. The van der Waals surface area contributed by atoms with Crippen LogP contribution in [0.1, 0.15) is 25.3 Å². The van der Waals surface area contributed by atoms with Crippen LogP contribution in [0.5, 0.6) is 0 Å². The summed E-state index contributed by atoms with van der Waals surface area (Å²) in [5.41, 5.74) is 1.01. The Kier molecular flexibility index (Phi) is 7.18. The summed E-state index contributed by atoms with van der Waals surface area (Å²) < 4.78 is 31.2. The Labute approximate surface area is 127 Å². The van der Waals surface area contributed by atoms with Gasteiger partial charge in [-0.25, -0.2) is 13.1 Å². The zero-order valence-electron chi connectivity index (χ0n) is 11.3. The lowest BCUT2D eigenvalue weighted by molar-refractivity contribution is -0.143. The summed E-state index contributed by atoms with van der Waals surface area (Å²) in [5.74, 6) is -0.312. The minimum Gasteiger partial charge on any atom is -0.466 e. The first-order valence-electron chi connectivity index (χ1n) is 6.29. The normalized spacial score (nSPS) is 11.3. The molecular weight excluding hydrogens is 346 g/mol. The van der Waals surface area contributed by atoms with Crippen molar-refractivity contribution >= 4 is 31.9 Å². The zero-order chi connectivity index (χ0) is 15.0. The number of carbonyl (C=O) groups excluding carboxylic acids is 1. The molecule has 1 N–H and O–H groups in total. The van der Waals surface area contributed by atoms with Gasteiger partial charge in [-0.3, -0.25) is 4.79 Å². The van der Waals surface area contributed by atoms with Crippen molar-refractivity contribution in [2.75, 3.05) is 13.2 Å². The Morgan fingerprint density at radius 3 is 2.50 bits per heavy atom. The van der Waals surface area contributed by atoms with Crippen molar-refractivity contribution in [1.29, 1.82) is 0 Å². The monoisotopic (exact) mass is 363 g/mol. The van der Waals surface area contributed by atoms with E-state index >= 15 is 0 Å². The van der Waals surface area contributed by atoms with E-state index in [0.717, 1.165) is 5.56 Å². The maximum Gasteiger partial charge on any atom is 0.305 e.